The zero-order valence-electron chi connectivity index (χ0n) is 20.2. The summed E-state index contributed by atoms with van der Waals surface area (Å²) in [4.78, 5) is 39.7. The number of carbonyl (C=O) groups excluding carboxylic acids is 3. The minimum atomic E-state index is -1.24. The summed E-state index contributed by atoms with van der Waals surface area (Å²) in [6.07, 6.45) is 0.816. The lowest BCUT2D eigenvalue weighted by Crippen LogP contribution is -2.42. The van der Waals surface area contributed by atoms with Gasteiger partial charge in [0.05, 0.1) is 12.3 Å². The lowest BCUT2D eigenvalue weighted by atomic mass is 9.90. The number of ether oxygens (including phenoxy) is 2. The Morgan fingerprint density at radius 1 is 1.26 bits per heavy atom. The zero-order chi connectivity index (χ0) is 24.6. The van der Waals surface area contributed by atoms with Crippen LogP contribution in [0, 0.1) is 0 Å². The van der Waals surface area contributed by atoms with Gasteiger partial charge < -0.3 is 20.1 Å². The highest BCUT2D eigenvalue weighted by Crippen LogP contribution is 2.38. The van der Waals surface area contributed by atoms with E-state index in [1.807, 2.05) is 44.2 Å². The highest BCUT2D eigenvalue weighted by Gasteiger charge is 2.49. The summed E-state index contributed by atoms with van der Waals surface area (Å²) in [5.74, 6) is 0.597. The van der Waals surface area contributed by atoms with E-state index in [2.05, 4.69) is 24.5 Å². The first-order valence-corrected chi connectivity index (χ1v) is 11.6. The van der Waals surface area contributed by atoms with Gasteiger partial charge in [0, 0.05) is 18.1 Å². The summed E-state index contributed by atoms with van der Waals surface area (Å²) >= 11 is 0. The van der Waals surface area contributed by atoms with Gasteiger partial charge in [-0.25, -0.2) is 4.79 Å². The number of rotatable bonds is 7. The molecule has 180 valence electrons. The van der Waals surface area contributed by atoms with E-state index in [0.29, 0.717) is 35.3 Å². The molecular weight excluding hydrogens is 434 g/mol. The van der Waals surface area contributed by atoms with Gasteiger partial charge in [0.1, 0.15) is 29.7 Å². The van der Waals surface area contributed by atoms with Crippen LogP contribution in [0.4, 0.5) is 10.5 Å². The lowest BCUT2D eigenvalue weighted by Gasteiger charge is -2.23. The Morgan fingerprint density at radius 3 is 2.62 bits per heavy atom. The molecule has 0 aromatic heterocycles. The predicted molar refractivity (Wildman–Crippen MR) is 128 cm³/mol. The number of nitrogens with zero attached hydrogens (tertiary/aromatic N) is 1. The van der Waals surface area contributed by atoms with E-state index >= 15 is 0 Å². The van der Waals surface area contributed by atoms with Gasteiger partial charge in [-0.3, -0.25) is 14.5 Å². The number of hydrogen-bond acceptors (Lipinski definition) is 5. The normalized spacial score (nSPS) is 21.4. The van der Waals surface area contributed by atoms with Crippen LogP contribution in [-0.2, 0) is 21.5 Å². The van der Waals surface area contributed by atoms with Gasteiger partial charge >= 0.3 is 6.03 Å². The molecule has 2 aliphatic rings. The fourth-order valence-corrected chi connectivity index (χ4v) is 4.38. The average Bonchev–Trinajstić information content (AvgIpc) is 3.25. The number of nitrogens with one attached hydrogen (secondary N) is 2. The molecule has 1 fully saturated rings. The average molecular weight is 466 g/mol. The fourth-order valence-electron chi connectivity index (χ4n) is 4.38. The molecule has 2 aromatic rings. The second-order valence-electron chi connectivity index (χ2n) is 9.29. The van der Waals surface area contributed by atoms with Crippen molar-refractivity contribution >= 4 is 23.5 Å². The largest absolute Gasteiger partial charge is 0.492 e. The van der Waals surface area contributed by atoms with Crippen LogP contribution in [-0.4, -0.2) is 42.0 Å². The smallest absolute Gasteiger partial charge is 0.325 e. The number of imide groups is 1. The van der Waals surface area contributed by atoms with Crippen molar-refractivity contribution in [3.8, 4) is 11.5 Å². The highest BCUT2D eigenvalue weighted by atomic mass is 16.5. The number of anilines is 1. The van der Waals surface area contributed by atoms with Crippen LogP contribution in [0.5, 0.6) is 11.5 Å². The number of urea groups is 1. The van der Waals surface area contributed by atoms with Crippen LogP contribution in [0.3, 0.4) is 0 Å². The number of hydrogen-bond donors (Lipinski definition) is 2. The van der Waals surface area contributed by atoms with E-state index in [9.17, 15) is 14.4 Å². The Balaban J connectivity index is 1.50. The molecule has 0 spiro atoms. The lowest BCUT2D eigenvalue weighted by molar-refractivity contribution is -0.133. The Kier molecular flexibility index (Phi) is 6.25. The van der Waals surface area contributed by atoms with Crippen molar-refractivity contribution in [3.63, 3.8) is 0 Å². The van der Waals surface area contributed by atoms with Crippen LogP contribution in [0.1, 0.15) is 57.2 Å². The number of benzene rings is 2. The first kappa shape index (κ1) is 23.6. The molecule has 2 N–H and O–H groups in total. The topological polar surface area (TPSA) is 97.0 Å². The fraction of sp³-hybridized carbons (Fsp3) is 0.423. The maximum absolute atomic E-state index is 13.2. The van der Waals surface area contributed by atoms with Crippen LogP contribution in [0.15, 0.2) is 36.4 Å². The second kappa shape index (κ2) is 9.00. The quantitative estimate of drug-likeness (QED) is 0.604. The third-order valence-electron chi connectivity index (χ3n) is 6.30. The van der Waals surface area contributed by atoms with Gasteiger partial charge in [0.25, 0.3) is 5.91 Å². The van der Waals surface area contributed by atoms with Crippen LogP contribution < -0.4 is 20.1 Å². The number of fused-ring (bicyclic) bond motifs is 1. The summed E-state index contributed by atoms with van der Waals surface area (Å²) in [5.41, 5.74) is 2.03. The molecule has 2 aromatic carbocycles. The van der Waals surface area contributed by atoms with Gasteiger partial charge in [-0.05, 0) is 43.9 Å². The van der Waals surface area contributed by atoms with Crippen LogP contribution in [0.25, 0.3) is 0 Å². The Hall–Kier alpha value is -3.55. The molecule has 2 atom stereocenters. The number of amides is 4. The van der Waals surface area contributed by atoms with Crippen molar-refractivity contribution in [1.82, 2.24) is 10.2 Å². The minimum Gasteiger partial charge on any atom is -0.492 e. The zero-order valence-corrected chi connectivity index (χ0v) is 20.2. The molecule has 2 aliphatic heterocycles. The van der Waals surface area contributed by atoms with Gasteiger partial charge in [-0.2, -0.15) is 0 Å². The third-order valence-corrected chi connectivity index (χ3v) is 6.30. The minimum absolute atomic E-state index is 0.0497. The van der Waals surface area contributed by atoms with Crippen molar-refractivity contribution in [2.24, 2.45) is 0 Å². The molecule has 4 rings (SSSR count). The molecular formula is C26H31N3O5. The van der Waals surface area contributed by atoms with Crippen molar-refractivity contribution in [2.75, 3.05) is 18.5 Å². The second-order valence-corrected chi connectivity index (χ2v) is 9.29. The summed E-state index contributed by atoms with van der Waals surface area (Å²) in [7, 11) is 0. The van der Waals surface area contributed by atoms with Crippen molar-refractivity contribution in [1.29, 1.82) is 0 Å². The molecule has 0 aliphatic carbocycles. The predicted octanol–water partition coefficient (Wildman–Crippen LogP) is 3.94. The summed E-state index contributed by atoms with van der Waals surface area (Å²) in [6.45, 7) is 9.68. The highest BCUT2D eigenvalue weighted by molar-refractivity contribution is 6.10. The first-order valence-electron chi connectivity index (χ1n) is 11.6. The molecule has 2 unspecified atom stereocenters. The van der Waals surface area contributed by atoms with Gasteiger partial charge in [0.15, 0.2) is 0 Å². The van der Waals surface area contributed by atoms with E-state index in [1.165, 1.54) is 0 Å². The Labute approximate surface area is 199 Å². The molecule has 34 heavy (non-hydrogen) atoms. The molecule has 8 heteroatoms. The maximum Gasteiger partial charge on any atom is 0.325 e. The molecule has 0 radical (unpaired) electrons. The summed E-state index contributed by atoms with van der Waals surface area (Å²) in [5, 5.41) is 5.52. The Morgan fingerprint density at radius 2 is 1.97 bits per heavy atom. The van der Waals surface area contributed by atoms with Crippen molar-refractivity contribution < 1.29 is 23.9 Å². The maximum atomic E-state index is 13.2. The van der Waals surface area contributed by atoms with E-state index in [1.54, 1.807) is 13.0 Å². The number of carbonyl (C=O) groups is 3. The standard InChI is InChI=1S/C26H31N3O5/c1-6-33-22-12-18-11-16(4)34-21(18)13-20(22)27-23(30)14-29-24(31)26(5,28-25(29)32)19-9-7-17(8-10-19)15(2)3/h7-10,12-13,15-16H,6,11,14H2,1-5H3,(H,27,30)(H,28,32). The van der Waals surface area contributed by atoms with E-state index < -0.39 is 29.9 Å². The van der Waals surface area contributed by atoms with Crippen LogP contribution in [0.2, 0.25) is 0 Å². The molecule has 0 saturated carbocycles. The van der Waals surface area contributed by atoms with Gasteiger partial charge in [-0.15, -0.1) is 0 Å². The molecule has 8 nitrogen and oxygen atoms in total. The van der Waals surface area contributed by atoms with E-state index in [4.69, 9.17) is 9.47 Å². The third kappa shape index (κ3) is 4.32. The molecule has 2 heterocycles. The van der Waals surface area contributed by atoms with Gasteiger partial charge in [-0.1, -0.05) is 38.1 Å². The van der Waals surface area contributed by atoms with Crippen molar-refractivity contribution in [3.05, 3.63) is 53.1 Å². The van der Waals surface area contributed by atoms with Crippen molar-refractivity contribution in [2.45, 2.75) is 58.6 Å². The van der Waals surface area contributed by atoms with E-state index in [-0.39, 0.29) is 6.10 Å². The molecule has 4 amide bonds. The SMILES string of the molecule is CCOc1cc2c(cc1NC(=O)CN1C(=O)NC(C)(c3ccc(C(C)C)cc3)C1=O)OC(C)C2. The van der Waals surface area contributed by atoms with Gasteiger partial charge in [0.2, 0.25) is 5.91 Å². The summed E-state index contributed by atoms with van der Waals surface area (Å²) < 4.78 is 11.5. The summed E-state index contributed by atoms with van der Waals surface area (Å²) in [6, 6.07) is 10.6. The Bertz CT molecular complexity index is 1130. The van der Waals surface area contributed by atoms with E-state index in [0.717, 1.165) is 22.4 Å². The molecule has 1 saturated heterocycles. The molecule has 0 bridgehead atoms. The first-order chi connectivity index (χ1) is 16.1. The van der Waals surface area contributed by atoms with Crippen LogP contribution >= 0.6 is 0 Å². The monoisotopic (exact) mass is 465 g/mol.